The lowest BCUT2D eigenvalue weighted by Crippen LogP contribution is -2.47. The molecule has 3 rings (SSSR count). The summed E-state index contributed by atoms with van der Waals surface area (Å²) in [6, 6.07) is 27.0. The fourth-order valence-electron chi connectivity index (χ4n) is 7.19. The number of benzene rings is 3. The van der Waals surface area contributed by atoms with E-state index in [0.29, 0.717) is 63.4 Å². The summed E-state index contributed by atoms with van der Waals surface area (Å²) < 4.78 is 70.0. The molecule has 0 saturated heterocycles. The molecule has 0 saturated carbocycles. The number of halogens is 3. The maximum atomic E-state index is 13.4. The Bertz CT molecular complexity index is 1830. The number of amides is 3. The number of hydrogen-bond donors (Lipinski definition) is 3. The summed E-state index contributed by atoms with van der Waals surface area (Å²) in [5, 5.41) is 16.5. The van der Waals surface area contributed by atoms with E-state index in [1.165, 1.54) is 0 Å². The van der Waals surface area contributed by atoms with Gasteiger partial charge in [-0.2, -0.15) is 18.4 Å². The van der Waals surface area contributed by atoms with Crippen molar-refractivity contribution < 1.29 is 50.8 Å². The average Bonchev–Trinajstić information content (AvgIpc) is 3.29. The van der Waals surface area contributed by atoms with E-state index in [2.05, 4.69) is 49.1 Å². The number of carbonyl (C=O) groups excluding carboxylic acids is 3. The van der Waals surface area contributed by atoms with Crippen molar-refractivity contribution >= 4 is 26.2 Å². The van der Waals surface area contributed by atoms with E-state index < -0.39 is 38.2 Å². The molecule has 0 aliphatic carbocycles. The molecule has 0 aromatic heterocycles. The van der Waals surface area contributed by atoms with Crippen LogP contribution in [0.15, 0.2) is 78.9 Å². The second-order valence-corrected chi connectivity index (χ2v) is 17.4. The number of ether oxygens (including phenoxy) is 3. The molecule has 0 heterocycles. The van der Waals surface area contributed by atoms with Crippen LogP contribution in [0.5, 0.6) is 11.5 Å². The van der Waals surface area contributed by atoms with Crippen LogP contribution in [0.2, 0.25) is 0 Å². The van der Waals surface area contributed by atoms with Gasteiger partial charge in [-0.1, -0.05) is 61.0 Å². The van der Waals surface area contributed by atoms with Crippen LogP contribution in [-0.2, 0) is 33.8 Å². The molecule has 0 spiro atoms. The van der Waals surface area contributed by atoms with Gasteiger partial charge in [-0.05, 0) is 114 Å². The van der Waals surface area contributed by atoms with Gasteiger partial charge in [0.05, 0.1) is 39.9 Å². The highest BCUT2D eigenvalue weighted by Crippen LogP contribution is 2.46. The van der Waals surface area contributed by atoms with Crippen molar-refractivity contribution in [1.29, 1.82) is 5.26 Å². The Hall–Kier alpha value is -4.78. The topological polar surface area (TPSA) is 160 Å². The zero-order valence-electron chi connectivity index (χ0n) is 38.6. The fourth-order valence-corrected chi connectivity index (χ4v) is 8.82. The van der Waals surface area contributed by atoms with Gasteiger partial charge >= 0.3 is 12.1 Å². The van der Waals surface area contributed by atoms with Crippen LogP contribution in [0.3, 0.4) is 0 Å². The predicted molar refractivity (Wildman–Crippen MR) is 245 cm³/mol. The Kier molecular flexibility index (Phi) is 24.3. The van der Waals surface area contributed by atoms with Gasteiger partial charge in [-0.25, -0.2) is 4.67 Å². The van der Waals surface area contributed by atoms with Crippen LogP contribution in [0, 0.1) is 11.3 Å². The van der Waals surface area contributed by atoms with Gasteiger partial charge in [0.1, 0.15) is 23.1 Å². The molecule has 13 nitrogen and oxygen atoms in total. The normalized spacial score (nSPS) is 12.7. The summed E-state index contributed by atoms with van der Waals surface area (Å²) in [6.07, 6.45) is -0.977. The summed E-state index contributed by atoms with van der Waals surface area (Å²) in [6.45, 7) is 9.28. The van der Waals surface area contributed by atoms with Crippen LogP contribution in [0.4, 0.5) is 13.2 Å². The number of carbonyl (C=O) groups is 3. The Morgan fingerprint density at radius 1 is 0.692 bits per heavy atom. The molecule has 0 bridgehead atoms. The number of nitrogens with zero attached hydrogens (tertiary/aromatic N) is 2. The number of methoxy groups -OCH3 is 2. The molecule has 3 aromatic carbocycles. The van der Waals surface area contributed by atoms with Crippen LogP contribution >= 0.6 is 8.53 Å². The van der Waals surface area contributed by atoms with Crippen LogP contribution < -0.4 is 25.4 Å². The lowest BCUT2D eigenvalue weighted by atomic mass is 9.80. The SMILES string of the molecule is COc1ccc(C(OCCCCCC(=O)NC(CCCCNC(=O)C(F)(F)F)C(=O)NCCCCOP(OCCC#N)N(C(C)C)C(C)C)(c2ccccc2)c2ccc(OC)cc2)cc1. The first-order chi connectivity index (χ1) is 31.2. The molecule has 0 radical (unpaired) electrons. The molecular formula is C48H67F3N5O8P. The van der Waals surface area contributed by atoms with Gasteiger partial charge in [-0.15, -0.1) is 0 Å². The molecule has 0 aliphatic heterocycles. The van der Waals surface area contributed by atoms with Crippen LogP contribution in [0.25, 0.3) is 0 Å². The minimum absolute atomic E-state index is 0.146. The van der Waals surface area contributed by atoms with Crippen molar-refractivity contribution in [3.05, 3.63) is 95.6 Å². The molecule has 65 heavy (non-hydrogen) atoms. The third-order valence-corrected chi connectivity index (χ3v) is 12.5. The van der Waals surface area contributed by atoms with E-state index in [9.17, 15) is 27.6 Å². The highest BCUT2D eigenvalue weighted by atomic mass is 31.2. The van der Waals surface area contributed by atoms with Crippen molar-refractivity contribution in [2.24, 2.45) is 0 Å². The summed E-state index contributed by atoms with van der Waals surface area (Å²) in [5.41, 5.74) is 1.77. The van der Waals surface area contributed by atoms with Gasteiger partial charge in [-0.3, -0.25) is 14.4 Å². The first-order valence-corrected chi connectivity index (χ1v) is 23.4. The third kappa shape index (κ3) is 18.2. The number of nitrogens with one attached hydrogen (secondary N) is 3. The second-order valence-electron chi connectivity index (χ2n) is 15.9. The van der Waals surface area contributed by atoms with Gasteiger partial charge in [0.25, 0.3) is 8.53 Å². The monoisotopic (exact) mass is 929 g/mol. The molecule has 0 aliphatic rings. The van der Waals surface area contributed by atoms with E-state index >= 15 is 0 Å². The molecular weight excluding hydrogens is 863 g/mol. The van der Waals surface area contributed by atoms with Crippen molar-refractivity contribution in [3.8, 4) is 17.6 Å². The van der Waals surface area contributed by atoms with E-state index in [1.54, 1.807) is 14.2 Å². The lowest BCUT2D eigenvalue weighted by molar-refractivity contribution is -0.173. The minimum Gasteiger partial charge on any atom is -0.497 e. The molecule has 3 amide bonds. The van der Waals surface area contributed by atoms with Gasteiger partial charge < -0.3 is 39.2 Å². The third-order valence-electron chi connectivity index (χ3n) is 10.4. The minimum atomic E-state index is -4.99. The number of alkyl halides is 3. The summed E-state index contributed by atoms with van der Waals surface area (Å²) in [4.78, 5) is 37.9. The Balaban J connectivity index is 1.60. The fraction of sp³-hybridized carbons (Fsp3) is 0.542. The number of hydrogen-bond acceptors (Lipinski definition) is 10. The van der Waals surface area contributed by atoms with Gasteiger partial charge in [0.2, 0.25) is 11.8 Å². The molecule has 0 fully saturated rings. The first kappa shape index (κ1) is 54.6. The Morgan fingerprint density at radius 2 is 1.23 bits per heavy atom. The molecule has 17 heteroatoms. The van der Waals surface area contributed by atoms with E-state index in [-0.39, 0.29) is 63.2 Å². The number of unbranched alkanes of at least 4 members (excludes halogenated alkanes) is 4. The summed E-state index contributed by atoms with van der Waals surface area (Å²) in [5.74, 6) is -1.34. The first-order valence-electron chi connectivity index (χ1n) is 22.3. The largest absolute Gasteiger partial charge is 0.497 e. The van der Waals surface area contributed by atoms with E-state index in [1.807, 2.05) is 84.2 Å². The molecule has 2 atom stereocenters. The standard InChI is InChI=1S/C48H67F3N5O8P/c1-36(2)56(37(3)4)65(64-35-17-30-52)63-34-16-14-31-53-45(58)43(20-12-13-32-54-46(59)48(49,50)51)55-44(57)21-11-8-15-33-62-47(38-18-9-7-10-19-38,39-22-26-41(60-5)27-23-39)40-24-28-42(61-6)29-25-40/h7,9-10,18-19,22-29,36-37,43H,8,11-17,20-21,31-35H2,1-6H3,(H,53,58)(H,54,59)(H,55,57). The Morgan fingerprint density at radius 3 is 1.78 bits per heavy atom. The van der Waals surface area contributed by atoms with Crippen LogP contribution in [0.1, 0.15) is 109 Å². The smallest absolute Gasteiger partial charge is 0.471 e. The average molecular weight is 930 g/mol. The van der Waals surface area contributed by atoms with Crippen molar-refractivity contribution in [1.82, 2.24) is 20.6 Å². The molecule has 2 unspecified atom stereocenters. The highest BCUT2D eigenvalue weighted by molar-refractivity contribution is 7.44. The number of rotatable bonds is 31. The number of nitriles is 1. The molecule has 3 N–H and O–H groups in total. The van der Waals surface area contributed by atoms with Crippen LogP contribution in [-0.4, -0.2) is 93.8 Å². The van der Waals surface area contributed by atoms with Gasteiger partial charge in [0.15, 0.2) is 0 Å². The second kappa shape index (κ2) is 29.0. The summed E-state index contributed by atoms with van der Waals surface area (Å²) in [7, 11) is 1.84. The zero-order chi connectivity index (χ0) is 47.7. The predicted octanol–water partition coefficient (Wildman–Crippen LogP) is 9.10. The molecule has 3 aromatic rings. The zero-order valence-corrected chi connectivity index (χ0v) is 39.5. The quantitative estimate of drug-likeness (QED) is 0.0323. The van der Waals surface area contributed by atoms with E-state index in [0.717, 1.165) is 16.7 Å². The van der Waals surface area contributed by atoms with Gasteiger partial charge in [0, 0.05) is 38.2 Å². The highest BCUT2D eigenvalue weighted by Gasteiger charge is 2.39. The summed E-state index contributed by atoms with van der Waals surface area (Å²) >= 11 is 0. The maximum Gasteiger partial charge on any atom is 0.471 e. The van der Waals surface area contributed by atoms with Crippen molar-refractivity contribution in [3.63, 3.8) is 0 Å². The van der Waals surface area contributed by atoms with E-state index in [4.69, 9.17) is 28.5 Å². The lowest BCUT2D eigenvalue weighted by Gasteiger charge is -2.36. The maximum absolute atomic E-state index is 13.4. The van der Waals surface area contributed by atoms with Crippen molar-refractivity contribution in [2.45, 2.75) is 122 Å². The van der Waals surface area contributed by atoms with Crippen molar-refractivity contribution in [2.75, 3.05) is 47.1 Å². The Labute approximate surface area is 384 Å². The molecule has 358 valence electrons.